The van der Waals surface area contributed by atoms with Crippen molar-refractivity contribution < 1.29 is 14.2 Å². The molecule has 5 heteroatoms. The van der Waals surface area contributed by atoms with E-state index < -0.39 is 0 Å². The van der Waals surface area contributed by atoms with Gasteiger partial charge in [-0.2, -0.15) is 0 Å². The lowest BCUT2D eigenvalue weighted by Crippen LogP contribution is -2.32. The topological polar surface area (TPSA) is 34.2 Å². The van der Waals surface area contributed by atoms with Gasteiger partial charge in [-0.05, 0) is 97.9 Å². The van der Waals surface area contributed by atoms with E-state index in [4.69, 9.17) is 14.2 Å². The third-order valence-electron chi connectivity index (χ3n) is 7.31. The second-order valence-electron chi connectivity index (χ2n) is 9.49. The molecule has 2 aliphatic heterocycles. The van der Waals surface area contributed by atoms with Crippen molar-refractivity contribution in [3.63, 3.8) is 0 Å². The molecule has 0 N–H and O–H groups in total. The van der Waals surface area contributed by atoms with Crippen molar-refractivity contribution in [2.24, 2.45) is 0 Å². The molecule has 3 aromatic carbocycles. The zero-order chi connectivity index (χ0) is 24.0. The fraction of sp³-hybridized carbons (Fsp3) is 0.400. The van der Waals surface area contributed by atoms with Gasteiger partial charge in [-0.15, -0.1) is 0 Å². The molecule has 0 aliphatic carbocycles. The molecule has 1 unspecified atom stereocenters. The summed E-state index contributed by atoms with van der Waals surface area (Å²) in [6, 6.07) is 23.9. The number of benzene rings is 3. The zero-order valence-corrected chi connectivity index (χ0v) is 20.9. The second kappa shape index (κ2) is 11.0. The molecule has 3 aromatic rings. The van der Waals surface area contributed by atoms with Crippen LogP contribution in [0.4, 0.5) is 5.69 Å². The number of ether oxygens (including phenoxy) is 3. The summed E-state index contributed by atoms with van der Waals surface area (Å²) in [7, 11) is 3.45. The SMILES string of the molecule is COc1ccc(C2CCc3cc(OC)ccc3N2Cc2ccc(OCCN3CCCC3)cc2)cc1. The summed E-state index contributed by atoms with van der Waals surface area (Å²) in [5.74, 6) is 2.76. The van der Waals surface area contributed by atoms with Crippen molar-refractivity contribution in [1.82, 2.24) is 4.90 Å². The van der Waals surface area contributed by atoms with Crippen LogP contribution in [0.25, 0.3) is 0 Å². The Morgan fingerprint density at radius 2 is 1.49 bits per heavy atom. The van der Waals surface area contributed by atoms with Crippen LogP contribution in [0.3, 0.4) is 0 Å². The van der Waals surface area contributed by atoms with Crippen molar-refractivity contribution in [2.45, 2.75) is 38.3 Å². The molecule has 1 fully saturated rings. The molecule has 5 rings (SSSR count). The highest BCUT2D eigenvalue weighted by atomic mass is 16.5. The van der Waals surface area contributed by atoms with Crippen LogP contribution in [0.2, 0.25) is 0 Å². The molecule has 2 aliphatic rings. The van der Waals surface area contributed by atoms with E-state index in [-0.39, 0.29) is 0 Å². The van der Waals surface area contributed by atoms with Crippen LogP contribution in [0.5, 0.6) is 17.2 Å². The molecule has 0 aromatic heterocycles. The summed E-state index contributed by atoms with van der Waals surface area (Å²) in [5, 5.41) is 0. The van der Waals surface area contributed by atoms with E-state index in [1.165, 1.54) is 48.3 Å². The van der Waals surface area contributed by atoms with Gasteiger partial charge in [0.15, 0.2) is 0 Å². The third-order valence-corrected chi connectivity index (χ3v) is 7.31. The van der Waals surface area contributed by atoms with Gasteiger partial charge in [0, 0.05) is 18.8 Å². The van der Waals surface area contributed by atoms with Gasteiger partial charge < -0.3 is 19.1 Å². The van der Waals surface area contributed by atoms with Crippen molar-refractivity contribution >= 4 is 5.69 Å². The van der Waals surface area contributed by atoms with E-state index in [1.54, 1.807) is 14.2 Å². The smallest absolute Gasteiger partial charge is 0.119 e. The summed E-state index contributed by atoms with van der Waals surface area (Å²) in [6.45, 7) is 5.02. The summed E-state index contributed by atoms with van der Waals surface area (Å²) < 4.78 is 16.9. The van der Waals surface area contributed by atoms with Crippen LogP contribution >= 0.6 is 0 Å². The van der Waals surface area contributed by atoms with Gasteiger partial charge in [-0.1, -0.05) is 24.3 Å². The molecule has 0 saturated carbocycles. The highest BCUT2D eigenvalue weighted by Gasteiger charge is 2.28. The van der Waals surface area contributed by atoms with Crippen LogP contribution in [-0.4, -0.2) is 45.4 Å². The highest BCUT2D eigenvalue weighted by molar-refractivity contribution is 5.60. The zero-order valence-electron chi connectivity index (χ0n) is 20.9. The van der Waals surface area contributed by atoms with Gasteiger partial charge in [0.2, 0.25) is 0 Å². The number of nitrogens with zero attached hydrogens (tertiary/aromatic N) is 2. The van der Waals surface area contributed by atoms with E-state index in [9.17, 15) is 0 Å². The maximum atomic E-state index is 6.03. The standard InChI is InChI=1S/C30H36N2O3/c1-33-26-12-7-24(8-13-26)29-15-9-25-21-28(34-2)14-16-30(25)32(29)22-23-5-10-27(11-6-23)35-20-19-31-17-3-4-18-31/h5-8,10-14,16,21,29H,3-4,9,15,17-20,22H2,1-2H3. The lowest BCUT2D eigenvalue weighted by molar-refractivity contribution is 0.238. The van der Waals surface area contributed by atoms with Gasteiger partial charge in [-0.3, -0.25) is 4.90 Å². The first kappa shape index (κ1) is 23.6. The average Bonchev–Trinajstić information content (AvgIpc) is 3.43. The Bertz CT molecular complexity index is 1090. The third kappa shape index (κ3) is 5.57. The normalized spacial score (nSPS) is 17.8. The minimum absolute atomic E-state index is 0.304. The van der Waals surface area contributed by atoms with Crippen LogP contribution in [0, 0.1) is 0 Å². The molecule has 1 atom stereocenters. The van der Waals surface area contributed by atoms with Crippen molar-refractivity contribution in [3.8, 4) is 17.2 Å². The first-order valence-corrected chi connectivity index (χ1v) is 12.7. The molecule has 35 heavy (non-hydrogen) atoms. The number of likely N-dealkylation sites (tertiary alicyclic amines) is 1. The molecule has 2 heterocycles. The Labute approximate surface area is 209 Å². The van der Waals surface area contributed by atoms with Crippen LogP contribution in [0.15, 0.2) is 66.7 Å². The van der Waals surface area contributed by atoms with Crippen LogP contribution in [0.1, 0.15) is 42.0 Å². The lowest BCUT2D eigenvalue weighted by atomic mass is 9.90. The minimum atomic E-state index is 0.304. The van der Waals surface area contributed by atoms with E-state index in [0.717, 1.165) is 49.8 Å². The first-order chi connectivity index (χ1) is 17.2. The monoisotopic (exact) mass is 472 g/mol. The summed E-state index contributed by atoms with van der Waals surface area (Å²) >= 11 is 0. The Morgan fingerprint density at radius 3 is 2.20 bits per heavy atom. The quantitative estimate of drug-likeness (QED) is 0.389. The molecule has 0 spiro atoms. The van der Waals surface area contributed by atoms with Gasteiger partial charge in [0.25, 0.3) is 0 Å². The lowest BCUT2D eigenvalue weighted by Gasteiger charge is -2.39. The number of fused-ring (bicyclic) bond motifs is 1. The van der Waals surface area contributed by atoms with E-state index in [1.807, 2.05) is 0 Å². The van der Waals surface area contributed by atoms with E-state index in [0.29, 0.717) is 6.04 Å². The number of rotatable bonds is 9. The molecule has 184 valence electrons. The van der Waals surface area contributed by atoms with Crippen LogP contribution in [-0.2, 0) is 13.0 Å². The molecule has 0 radical (unpaired) electrons. The second-order valence-corrected chi connectivity index (χ2v) is 9.49. The molecular weight excluding hydrogens is 436 g/mol. The Hall–Kier alpha value is -3.18. The van der Waals surface area contributed by atoms with Gasteiger partial charge in [0.05, 0.1) is 20.3 Å². The number of hydrogen-bond acceptors (Lipinski definition) is 5. The molecule has 0 amide bonds. The number of aryl methyl sites for hydroxylation is 1. The van der Waals surface area contributed by atoms with E-state index in [2.05, 4.69) is 76.5 Å². The maximum absolute atomic E-state index is 6.03. The number of hydrogen-bond donors (Lipinski definition) is 0. The predicted molar refractivity (Wildman–Crippen MR) is 141 cm³/mol. The van der Waals surface area contributed by atoms with Crippen molar-refractivity contribution in [1.29, 1.82) is 0 Å². The van der Waals surface area contributed by atoms with Gasteiger partial charge >= 0.3 is 0 Å². The van der Waals surface area contributed by atoms with Crippen molar-refractivity contribution in [3.05, 3.63) is 83.4 Å². The predicted octanol–water partition coefficient (Wildman–Crippen LogP) is 5.87. The highest BCUT2D eigenvalue weighted by Crippen LogP contribution is 2.41. The molecule has 5 nitrogen and oxygen atoms in total. The average molecular weight is 473 g/mol. The molecular formula is C30H36N2O3. The van der Waals surface area contributed by atoms with Crippen molar-refractivity contribution in [2.75, 3.05) is 45.4 Å². The Kier molecular flexibility index (Phi) is 7.43. The number of methoxy groups -OCH3 is 2. The van der Waals surface area contributed by atoms with E-state index >= 15 is 0 Å². The Morgan fingerprint density at radius 1 is 0.800 bits per heavy atom. The first-order valence-electron chi connectivity index (χ1n) is 12.7. The van der Waals surface area contributed by atoms with Crippen LogP contribution < -0.4 is 19.1 Å². The fourth-order valence-electron chi connectivity index (χ4n) is 5.34. The maximum Gasteiger partial charge on any atom is 0.119 e. The summed E-state index contributed by atoms with van der Waals surface area (Å²) in [6.07, 6.45) is 4.73. The summed E-state index contributed by atoms with van der Waals surface area (Å²) in [4.78, 5) is 5.01. The molecule has 0 bridgehead atoms. The fourth-order valence-corrected chi connectivity index (χ4v) is 5.34. The van der Waals surface area contributed by atoms with Gasteiger partial charge in [-0.25, -0.2) is 0 Å². The largest absolute Gasteiger partial charge is 0.497 e. The Balaban J connectivity index is 1.33. The minimum Gasteiger partial charge on any atom is -0.497 e. The summed E-state index contributed by atoms with van der Waals surface area (Å²) in [5.41, 5.74) is 5.22. The van der Waals surface area contributed by atoms with Gasteiger partial charge in [0.1, 0.15) is 23.9 Å². The number of anilines is 1. The molecule has 1 saturated heterocycles.